The fourth-order valence-electron chi connectivity index (χ4n) is 3.42. The number of hydrogen-bond acceptors (Lipinski definition) is 6. The van der Waals surface area contributed by atoms with Crippen molar-refractivity contribution in [1.29, 1.82) is 0 Å². The number of ether oxygens (including phenoxy) is 2. The molecule has 0 saturated carbocycles. The second kappa shape index (κ2) is 12.1. The van der Waals surface area contributed by atoms with E-state index in [9.17, 15) is 4.79 Å². The zero-order chi connectivity index (χ0) is 24.5. The van der Waals surface area contributed by atoms with E-state index in [4.69, 9.17) is 9.47 Å². The van der Waals surface area contributed by atoms with Gasteiger partial charge in [0, 0.05) is 11.4 Å². The van der Waals surface area contributed by atoms with Crippen molar-refractivity contribution in [3.63, 3.8) is 0 Å². The van der Waals surface area contributed by atoms with Crippen LogP contribution in [0, 0.1) is 0 Å². The standard InChI is InChI=1S/C27H28N4O3S/c1-3-20-10-14-22(15-11-20)31-25(18-34-23-8-6-5-7-9-23)29-30-27(31)35-19-26(32)28-21-12-16-24(17-13-21)33-4-2/h5-17H,3-4,18-19H2,1-2H3,(H,28,32). The molecule has 7 nitrogen and oxygen atoms in total. The molecule has 0 saturated heterocycles. The molecule has 3 aromatic carbocycles. The van der Waals surface area contributed by atoms with Gasteiger partial charge in [0.1, 0.15) is 18.1 Å². The van der Waals surface area contributed by atoms with Gasteiger partial charge in [-0.1, -0.05) is 49.0 Å². The highest BCUT2D eigenvalue weighted by Gasteiger charge is 2.17. The molecular weight excluding hydrogens is 460 g/mol. The summed E-state index contributed by atoms with van der Waals surface area (Å²) in [4.78, 5) is 12.6. The van der Waals surface area contributed by atoms with Crippen LogP contribution in [-0.4, -0.2) is 33.0 Å². The number of aromatic nitrogens is 3. The summed E-state index contributed by atoms with van der Waals surface area (Å²) in [6.45, 7) is 4.91. The number of thioether (sulfide) groups is 1. The van der Waals surface area contributed by atoms with Crippen LogP contribution in [0.5, 0.6) is 11.5 Å². The van der Waals surface area contributed by atoms with E-state index in [0.29, 0.717) is 23.3 Å². The number of amides is 1. The fourth-order valence-corrected chi connectivity index (χ4v) is 4.19. The normalized spacial score (nSPS) is 10.7. The fraction of sp³-hybridized carbons (Fsp3) is 0.222. The number of anilines is 1. The number of nitrogens with zero attached hydrogens (tertiary/aromatic N) is 3. The summed E-state index contributed by atoms with van der Waals surface area (Å²) in [5, 5.41) is 12.3. The van der Waals surface area contributed by atoms with Gasteiger partial charge >= 0.3 is 0 Å². The largest absolute Gasteiger partial charge is 0.494 e. The molecule has 0 aliphatic heterocycles. The Morgan fingerprint density at radius 2 is 1.60 bits per heavy atom. The van der Waals surface area contributed by atoms with Crippen molar-refractivity contribution in [3.8, 4) is 17.2 Å². The SMILES string of the molecule is CCOc1ccc(NC(=O)CSc2nnc(COc3ccccc3)n2-c2ccc(CC)cc2)cc1. The average Bonchev–Trinajstić information content (AvgIpc) is 3.31. The van der Waals surface area contributed by atoms with Gasteiger partial charge in [-0.25, -0.2) is 0 Å². The lowest BCUT2D eigenvalue weighted by molar-refractivity contribution is -0.113. The van der Waals surface area contributed by atoms with E-state index < -0.39 is 0 Å². The highest BCUT2D eigenvalue weighted by Crippen LogP contribution is 2.24. The molecule has 35 heavy (non-hydrogen) atoms. The summed E-state index contributed by atoms with van der Waals surface area (Å²) >= 11 is 1.33. The van der Waals surface area contributed by atoms with Crippen LogP contribution in [0.4, 0.5) is 5.69 Å². The zero-order valence-electron chi connectivity index (χ0n) is 19.8. The number of carbonyl (C=O) groups is 1. The third-order valence-electron chi connectivity index (χ3n) is 5.20. The predicted octanol–water partition coefficient (Wildman–Crippen LogP) is 5.54. The molecule has 0 unspecified atom stereocenters. The predicted molar refractivity (Wildman–Crippen MR) is 138 cm³/mol. The molecule has 1 aromatic heterocycles. The molecule has 4 aromatic rings. The van der Waals surface area contributed by atoms with Gasteiger partial charge in [0.2, 0.25) is 5.91 Å². The summed E-state index contributed by atoms with van der Waals surface area (Å²) in [7, 11) is 0. The van der Waals surface area contributed by atoms with Gasteiger partial charge in [-0.2, -0.15) is 0 Å². The Labute approximate surface area is 209 Å². The van der Waals surface area contributed by atoms with Crippen molar-refractivity contribution in [2.75, 3.05) is 17.7 Å². The third-order valence-corrected chi connectivity index (χ3v) is 6.12. The molecule has 0 atom stereocenters. The number of carbonyl (C=O) groups excluding carboxylic acids is 1. The number of aryl methyl sites for hydroxylation is 1. The van der Waals surface area contributed by atoms with Crippen molar-refractivity contribution in [2.45, 2.75) is 32.0 Å². The smallest absolute Gasteiger partial charge is 0.234 e. The highest BCUT2D eigenvalue weighted by molar-refractivity contribution is 7.99. The van der Waals surface area contributed by atoms with Gasteiger partial charge in [-0.3, -0.25) is 9.36 Å². The number of para-hydroxylation sites is 1. The van der Waals surface area contributed by atoms with Crippen molar-refractivity contribution in [3.05, 3.63) is 90.3 Å². The first-order chi connectivity index (χ1) is 17.2. The molecule has 0 radical (unpaired) electrons. The minimum Gasteiger partial charge on any atom is -0.494 e. The van der Waals surface area contributed by atoms with Crippen LogP contribution in [-0.2, 0) is 17.8 Å². The highest BCUT2D eigenvalue weighted by atomic mass is 32.2. The number of hydrogen-bond donors (Lipinski definition) is 1. The van der Waals surface area contributed by atoms with Gasteiger partial charge in [0.05, 0.1) is 12.4 Å². The second-order valence-corrected chi connectivity index (χ2v) is 8.59. The summed E-state index contributed by atoms with van der Waals surface area (Å²) in [6, 6.07) is 25.2. The first-order valence-corrected chi connectivity index (χ1v) is 12.5. The lowest BCUT2D eigenvalue weighted by atomic mass is 10.1. The Morgan fingerprint density at radius 1 is 0.886 bits per heavy atom. The lowest BCUT2D eigenvalue weighted by Gasteiger charge is -2.12. The molecule has 1 amide bonds. The Hall–Kier alpha value is -3.78. The molecule has 4 rings (SSSR count). The molecule has 1 N–H and O–H groups in total. The van der Waals surface area contributed by atoms with Crippen molar-refractivity contribution in [2.24, 2.45) is 0 Å². The maximum absolute atomic E-state index is 12.6. The van der Waals surface area contributed by atoms with E-state index in [1.807, 2.05) is 78.2 Å². The molecule has 0 aliphatic carbocycles. The third kappa shape index (κ3) is 6.64. The van der Waals surface area contributed by atoms with Crippen LogP contribution in [0.1, 0.15) is 25.2 Å². The molecule has 8 heteroatoms. The molecule has 0 aliphatic rings. The molecule has 0 bridgehead atoms. The first-order valence-electron chi connectivity index (χ1n) is 11.5. The van der Waals surface area contributed by atoms with E-state index in [0.717, 1.165) is 23.6 Å². The van der Waals surface area contributed by atoms with Crippen molar-refractivity contribution in [1.82, 2.24) is 14.8 Å². The molecule has 0 fully saturated rings. The van der Waals surface area contributed by atoms with Crippen molar-refractivity contribution >= 4 is 23.4 Å². The minimum atomic E-state index is -0.128. The monoisotopic (exact) mass is 488 g/mol. The molecule has 180 valence electrons. The molecule has 0 spiro atoms. The van der Waals surface area contributed by atoms with Gasteiger partial charge in [0.15, 0.2) is 11.0 Å². The van der Waals surface area contributed by atoms with Crippen LogP contribution >= 0.6 is 11.8 Å². The number of rotatable bonds is 11. The number of nitrogens with one attached hydrogen (secondary N) is 1. The van der Waals surface area contributed by atoms with Gasteiger partial charge < -0.3 is 14.8 Å². The van der Waals surface area contributed by atoms with Gasteiger partial charge in [-0.15, -0.1) is 10.2 Å². The first kappa shape index (κ1) is 24.3. The minimum absolute atomic E-state index is 0.128. The summed E-state index contributed by atoms with van der Waals surface area (Å²) in [5.41, 5.74) is 2.88. The van der Waals surface area contributed by atoms with E-state index in [2.05, 4.69) is 34.6 Å². The van der Waals surface area contributed by atoms with Gasteiger partial charge in [-0.05, 0) is 67.4 Å². The summed E-state index contributed by atoms with van der Waals surface area (Å²) in [6.07, 6.45) is 0.958. The van der Waals surface area contributed by atoms with Crippen LogP contribution in [0.2, 0.25) is 0 Å². The maximum atomic E-state index is 12.6. The molecule has 1 heterocycles. The van der Waals surface area contributed by atoms with Crippen LogP contribution in [0.25, 0.3) is 5.69 Å². The summed E-state index contributed by atoms with van der Waals surface area (Å²) < 4.78 is 13.3. The van der Waals surface area contributed by atoms with Crippen LogP contribution in [0.3, 0.4) is 0 Å². The van der Waals surface area contributed by atoms with Gasteiger partial charge in [0.25, 0.3) is 0 Å². The van der Waals surface area contributed by atoms with Crippen LogP contribution < -0.4 is 14.8 Å². The van der Waals surface area contributed by atoms with Crippen molar-refractivity contribution < 1.29 is 14.3 Å². The zero-order valence-corrected chi connectivity index (χ0v) is 20.6. The Morgan fingerprint density at radius 3 is 2.29 bits per heavy atom. The van der Waals surface area contributed by atoms with Crippen LogP contribution in [0.15, 0.2) is 84.0 Å². The van der Waals surface area contributed by atoms with E-state index >= 15 is 0 Å². The lowest BCUT2D eigenvalue weighted by Crippen LogP contribution is -2.14. The molecular formula is C27H28N4O3S. The van der Waals surface area contributed by atoms with E-state index in [1.54, 1.807) is 0 Å². The second-order valence-electron chi connectivity index (χ2n) is 7.65. The quantitative estimate of drug-likeness (QED) is 0.279. The topological polar surface area (TPSA) is 78.3 Å². The summed E-state index contributed by atoms with van der Waals surface area (Å²) in [5.74, 6) is 2.25. The average molecular weight is 489 g/mol. The Bertz CT molecular complexity index is 1230. The Balaban J connectivity index is 1.47. The van der Waals surface area contributed by atoms with E-state index in [-0.39, 0.29) is 18.3 Å². The van der Waals surface area contributed by atoms with E-state index in [1.165, 1.54) is 17.3 Å². The maximum Gasteiger partial charge on any atom is 0.234 e. The Kier molecular flexibility index (Phi) is 8.40. The number of benzene rings is 3.